The molecule has 0 aliphatic carbocycles. The van der Waals surface area contributed by atoms with E-state index >= 15 is 0 Å². The highest BCUT2D eigenvalue weighted by atomic mass is 16.3. The van der Waals surface area contributed by atoms with Gasteiger partial charge in [-0.1, -0.05) is 36.4 Å². The molecule has 0 fully saturated rings. The van der Waals surface area contributed by atoms with Crippen LogP contribution < -0.4 is 0 Å². The lowest BCUT2D eigenvalue weighted by atomic mass is 9.86. The smallest absolute Gasteiger partial charge is 0.115 e. The van der Waals surface area contributed by atoms with Gasteiger partial charge in [0, 0.05) is 5.92 Å². The maximum atomic E-state index is 9.67. The Morgan fingerprint density at radius 3 is 1.61 bits per heavy atom. The lowest BCUT2D eigenvalue weighted by molar-refractivity contribution is 0.474. The third-order valence-electron chi connectivity index (χ3n) is 3.94. The highest BCUT2D eigenvalue weighted by Gasteiger charge is 2.15. The fourth-order valence-corrected chi connectivity index (χ4v) is 2.76. The van der Waals surface area contributed by atoms with E-state index in [9.17, 15) is 15.3 Å². The van der Waals surface area contributed by atoms with E-state index in [1.807, 2.05) is 36.4 Å². The number of aromatic hydroxyl groups is 3. The van der Waals surface area contributed by atoms with Crippen molar-refractivity contribution in [1.29, 1.82) is 0 Å². The lowest BCUT2D eigenvalue weighted by Crippen LogP contribution is -2.05. The summed E-state index contributed by atoms with van der Waals surface area (Å²) in [5.41, 5.74) is 3.16. The zero-order valence-corrected chi connectivity index (χ0v) is 12.6. The first-order valence-corrected chi connectivity index (χ1v) is 7.47. The van der Waals surface area contributed by atoms with Crippen molar-refractivity contribution in [2.24, 2.45) is 0 Å². The molecule has 3 heteroatoms. The molecule has 3 rings (SSSR count). The van der Waals surface area contributed by atoms with Crippen molar-refractivity contribution in [3.8, 4) is 17.2 Å². The predicted octanol–water partition coefficient (Wildman–Crippen LogP) is 4.18. The van der Waals surface area contributed by atoms with Crippen LogP contribution in [0.2, 0.25) is 0 Å². The first kappa shape index (κ1) is 15.0. The molecule has 0 atom stereocenters. The van der Waals surface area contributed by atoms with Crippen molar-refractivity contribution >= 4 is 0 Å². The van der Waals surface area contributed by atoms with Gasteiger partial charge < -0.3 is 15.3 Å². The molecule has 3 aromatic rings. The first-order valence-electron chi connectivity index (χ1n) is 7.47. The molecule has 0 aliphatic heterocycles. The van der Waals surface area contributed by atoms with Gasteiger partial charge in [-0.3, -0.25) is 0 Å². The van der Waals surface area contributed by atoms with E-state index in [-0.39, 0.29) is 23.2 Å². The van der Waals surface area contributed by atoms with Crippen molar-refractivity contribution < 1.29 is 15.3 Å². The summed E-state index contributed by atoms with van der Waals surface area (Å²) in [6, 6.07) is 21.5. The minimum atomic E-state index is 0.0676. The molecular weight excluding hydrogens is 288 g/mol. The first-order chi connectivity index (χ1) is 11.1. The van der Waals surface area contributed by atoms with E-state index in [0.29, 0.717) is 6.42 Å². The van der Waals surface area contributed by atoms with Crippen LogP contribution in [0.4, 0.5) is 0 Å². The summed E-state index contributed by atoms with van der Waals surface area (Å²) in [5.74, 6) is 0.779. The molecule has 3 nitrogen and oxygen atoms in total. The van der Waals surface area contributed by atoms with E-state index in [1.165, 1.54) is 0 Å². The third kappa shape index (κ3) is 3.64. The summed E-state index contributed by atoms with van der Waals surface area (Å²) in [6.45, 7) is 0. The maximum Gasteiger partial charge on any atom is 0.115 e. The van der Waals surface area contributed by atoms with Gasteiger partial charge in [0.2, 0.25) is 0 Å². The van der Waals surface area contributed by atoms with Gasteiger partial charge in [-0.05, 0) is 59.5 Å². The van der Waals surface area contributed by atoms with Crippen LogP contribution in [-0.2, 0) is 6.42 Å². The van der Waals surface area contributed by atoms with Gasteiger partial charge in [-0.15, -0.1) is 0 Å². The zero-order chi connectivity index (χ0) is 16.2. The number of benzene rings is 3. The van der Waals surface area contributed by atoms with E-state index in [2.05, 4.69) is 0 Å². The molecule has 0 heterocycles. The van der Waals surface area contributed by atoms with Crippen molar-refractivity contribution in [2.45, 2.75) is 12.3 Å². The second-order valence-electron chi connectivity index (χ2n) is 5.61. The van der Waals surface area contributed by atoms with Crippen molar-refractivity contribution in [3.63, 3.8) is 0 Å². The predicted molar refractivity (Wildman–Crippen MR) is 89.9 cm³/mol. The van der Waals surface area contributed by atoms with Gasteiger partial charge in [0.15, 0.2) is 0 Å². The van der Waals surface area contributed by atoms with Gasteiger partial charge in [0.25, 0.3) is 0 Å². The summed E-state index contributed by atoms with van der Waals surface area (Å²) in [4.78, 5) is 0. The Morgan fingerprint density at radius 1 is 0.609 bits per heavy atom. The van der Waals surface area contributed by atoms with Crippen molar-refractivity contribution in [3.05, 3.63) is 89.5 Å². The summed E-state index contributed by atoms with van der Waals surface area (Å²) < 4.78 is 0. The molecule has 0 aromatic heterocycles. The topological polar surface area (TPSA) is 60.7 Å². The zero-order valence-electron chi connectivity index (χ0n) is 12.6. The van der Waals surface area contributed by atoms with Gasteiger partial charge in [0.05, 0.1) is 0 Å². The highest BCUT2D eigenvalue weighted by molar-refractivity contribution is 5.40. The Bertz CT molecular complexity index is 731. The average molecular weight is 306 g/mol. The molecule has 0 radical (unpaired) electrons. The summed E-state index contributed by atoms with van der Waals surface area (Å²) in [5, 5.41) is 28.7. The van der Waals surface area contributed by atoms with Crippen LogP contribution in [0.5, 0.6) is 17.2 Å². The van der Waals surface area contributed by atoms with Crippen LogP contribution in [0.3, 0.4) is 0 Å². The molecule has 23 heavy (non-hydrogen) atoms. The summed E-state index contributed by atoms with van der Waals surface area (Å²) in [7, 11) is 0. The number of hydrogen-bond acceptors (Lipinski definition) is 3. The molecule has 0 unspecified atom stereocenters. The van der Waals surface area contributed by atoms with Crippen LogP contribution in [0.15, 0.2) is 72.8 Å². The molecule has 0 saturated carbocycles. The Hall–Kier alpha value is -2.94. The minimum absolute atomic E-state index is 0.0676. The SMILES string of the molecule is Oc1ccc(C(Cc2cccc(O)c2)c2ccc(O)cc2)cc1. The molecule has 0 bridgehead atoms. The normalized spacial score (nSPS) is 10.8. The Labute approximate surface area is 135 Å². The molecule has 116 valence electrons. The Balaban J connectivity index is 1.98. The molecular formula is C20H18O3. The Kier molecular flexibility index (Phi) is 4.20. The molecule has 0 spiro atoms. The van der Waals surface area contributed by atoms with E-state index in [0.717, 1.165) is 16.7 Å². The standard InChI is InChI=1S/C20H18O3/c21-17-8-4-15(5-9-17)20(16-6-10-18(22)11-7-16)13-14-2-1-3-19(23)12-14/h1-12,20-23H,13H2. The van der Waals surface area contributed by atoms with Gasteiger partial charge in [-0.2, -0.15) is 0 Å². The lowest BCUT2D eigenvalue weighted by Gasteiger charge is -2.19. The van der Waals surface area contributed by atoms with Crippen molar-refractivity contribution in [1.82, 2.24) is 0 Å². The molecule has 0 aliphatic rings. The van der Waals surface area contributed by atoms with E-state index in [4.69, 9.17) is 0 Å². The second-order valence-corrected chi connectivity index (χ2v) is 5.61. The molecule has 0 amide bonds. The third-order valence-corrected chi connectivity index (χ3v) is 3.94. The number of phenols is 3. The Morgan fingerprint density at radius 2 is 1.13 bits per heavy atom. The van der Waals surface area contributed by atoms with Gasteiger partial charge in [0.1, 0.15) is 17.2 Å². The summed E-state index contributed by atoms with van der Waals surface area (Å²) >= 11 is 0. The van der Waals surface area contributed by atoms with Crippen LogP contribution in [-0.4, -0.2) is 15.3 Å². The molecule has 3 N–H and O–H groups in total. The molecule has 0 saturated heterocycles. The van der Waals surface area contributed by atoms with Crippen LogP contribution >= 0.6 is 0 Å². The van der Waals surface area contributed by atoms with Crippen molar-refractivity contribution in [2.75, 3.05) is 0 Å². The number of phenolic OH excluding ortho intramolecular Hbond substituents is 3. The largest absolute Gasteiger partial charge is 0.508 e. The average Bonchev–Trinajstić information content (AvgIpc) is 2.55. The van der Waals surface area contributed by atoms with Gasteiger partial charge >= 0.3 is 0 Å². The highest BCUT2D eigenvalue weighted by Crippen LogP contribution is 2.31. The number of rotatable bonds is 4. The van der Waals surface area contributed by atoms with E-state index in [1.54, 1.807) is 36.4 Å². The minimum Gasteiger partial charge on any atom is -0.508 e. The quantitative estimate of drug-likeness (QED) is 0.677. The van der Waals surface area contributed by atoms with Gasteiger partial charge in [-0.25, -0.2) is 0 Å². The van der Waals surface area contributed by atoms with Crippen LogP contribution in [0, 0.1) is 0 Å². The summed E-state index contributed by atoms with van der Waals surface area (Å²) in [6.07, 6.45) is 0.712. The van der Waals surface area contributed by atoms with Crippen LogP contribution in [0.25, 0.3) is 0 Å². The van der Waals surface area contributed by atoms with E-state index < -0.39 is 0 Å². The fraction of sp³-hybridized carbons (Fsp3) is 0.100. The second kappa shape index (κ2) is 6.44. The molecule has 3 aromatic carbocycles. The monoisotopic (exact) mass is 306 g/mol. The fourth-order valence-electron chi connectivity index (χ4n) is 2.76. The van der Waals surface area contributed by atoms with Crippen LogP contribution in [0.1, 0.15) is 22.6 Å². The maximum absolute atomic E-state index is 9.67. The number of hydrogen-bond donors (Lipinski definition) is 3.